The molecule has 4 N–H and O–H groups in total. The zero-order valence-corrected chi connectivity index (χ0v) is 11.4. The number of nitrogens with two attached hydrogens (primary N) is 1. The molecular formula is C12H18ClN3O2. The van der Waals surface area contributed by atoms with Gasteiger partial charge in [-0.1, -0.05) is 6.07 Å². The summed E-state index contributed by atoms with van der Waals surface area (Å²) >= 11 is 0. The first-order valence-electron chi connectivity index (χ1n) is 5.35. The third-order valence-electron chi connectivity index (χ3n) is 2.23. The van der Waals surface area contributed by atoms with Crippen LogP contribution in [0.25, 0.3) is 0 Å². The van der Waals surface area contributed by atoms with Gasteiger partial charge < -0.3 is 16.4 Å². The molecule has 0 aromatic heterocycles. The van der Waals surface area contributed by atoms with E-state index in [1.807, 2.05) is 13.0 Å². The first-order valence-corrected chi connectivity index (χ1v) is 5.35. The monoisotopic (exact) mass is 271 g/mol. The predicted octanol–water partition coefficient (Wildman–Crippen LogP) is 1.66. The highest BCUT2D eigenvalue weighted by Crippen LogP contribution is 2.20. The molecule has 0 spiro atoms. The molecular weight excluding hydrogens is 254 g/mol. The van der Waals surface area contributed by atoms with Crippen LogP contribution in [-0.2, 0) is 9.59 Å². The van der Waals surface area contributed by atoms with E-state index in [2.05, 4.69) is 10.6 Å². The molecule has 0 heterocycles. The van der Waals surface area contributed by atoms with Gasteiger partial charge in [0.1, 0.15) is 0 Å². The summed E-state index contributed by atoms with van der Waals surface area (Å²) in [5.41, 5.74) is 7.67. The maximum absolute atomic E-state index is 11.5. The highest BCUT2D eigenvalue weighted by atomic mass is 35.5. The van der Waals surface area contributed by atoms with E-state index < -0.39 is 6.04 Å². The molecule has 0 saturated heterocycles. The molecule has 0 saturated carbocycles. The molecule has 100 valence electrons. The Balaban J connectivity index is 0.00000289. The van der Waals surface area contributed by atoms with E-state index in [4.69, 9.17) is 5.73 Å². The zero-order chi connectivity index (χ0) is 13.0. The summed E-state index contributed by atoms with van der Waals surface area (Å²) in [5.74, 6) is -0.411. The minimum Gasteiger partial charge on any atom is -0.326 e. The number of benzene rings is 1. The number of hydrogen-bond donors (Lipinski definition) is 3. The van der Waals surface area contributed by atoms with Crippen LogP contribution in [0.3, 0.4) is 0 Å². The van der Waals surface area contributed by atoms with Crippen LogP contribution in [0.4, 0.5) is 11.4 Å². The molecule has 0 radical (unpaired) electrons. The van der Waals surface area contributed by atoms with E-state index in [0.29, 0.717) is 11.4 Å². The number of carbonyl (C=O) groups is 2. The lowest BCUT2D eigenvalue weighted by molar-refractivity contribution is -0.117. The van der Waals surface area contributed by atoms with Gasteiger partial charge in [0, 0.05) is 18.3 Å². The van der Waals surface area contributed by atoms with E-state index in [1.54, 1.807) is 19.1 Å². The van der Waals surface area contributed by atoms with Gasteiger partial charge in [0.2, 0.25) is 11.8 Å². The third kappa shape index (κ3) is 4.73. The van der Waals surface area contributed by atoms with Crippen LogP contribution in [-0.4, -0.2) is 17.9 Å². The van der Waals surface area contributed by atoms with Gasteiger partial charge in [0.15, 0.2) is 0 Å². The van der Waals surface area contributed by atoms with Gasteiger partial charge in [-0.05, 0) is 31.5 Å². The summed E-state index contributed by atoms with van der Waals surface area (Å²) in [5, 5.41) is 5.36. The standard InChI is InChI=1S/C12H17N3O2.ClH/c1-7-4-5-10(14-9(3)16)6-11(7)15-12(17)8(2)13;/h4-6,8H,13H2,1-3H3,(H,14,16)(H,15,17);1H/t8-;/m1./s1. The fraction of sp³-hybridized carbons (Fsp3) is 0.333. The van der Waals surface area contributed by atoms with Gasteiger partial charge in [-0.25, -0.2) is 0 Å². The molecule has 18 heavy (non-hydrogen) atoms. The van der Waals surface area contributed by atoms with Crippen molar-refractivity contribution in [3.63, 3.8) is 0 Å². The maximum atomic E-state index is 11.5. The number of anilines is 2. The van der Waals surface area contributed by atoms with E-state index in [-0.39, 0.29) is 24.2 Å². The summed E-state index contributed by atoms with van der Waals surface area (Å²) in [7, 11) is 0. The Kier molecular flexibility index (Phi) is 6.36. The number of rotatable bonds is 3. The smallest absolute Gasteiger partial charge is 0.241 e. The summed E-state index contributed by atoms with van der Waals surface area (Å²) in [6, 6.07) is 4.73. The van der Waals surface area contributed by atoms with Gasteiger partial charge in [0.25, 0.3) is 0 Å². The lowest BCUT2D eigenvalue weighted by atomic mass is 10.1. The Morgan fingerprint density at radius 3 is 2.39 bits per heavy atom. The molecule has 0 unspecified atom stereocenters. The first kappa shape index (κ1) is 16.4. The quantitative estimate of drug-likeness (QED) is 0.782. The van der Waals surface area contributed by atoms with Crippen molar-refractivity contribution in [3.05, 3.63) is 23.8 Å². The van der Waals surface area contributed by atoms with Crippen molar-refractivity contribution in [1.29, 1.82) is 0 Å². The number of nitrogens with one attached hydrogen (secondary N) is 2. The van der Waals surface area contributed by atoms with Crippen LogP contribution in [0.15, 0.2) is 18.2 Å². The number of carbonyl (C=O) groups excluding carboxylic acids is 2. The van der Waals surface area contributed by atoms with Gasteiger partial charge in [-0.15, -0.1) is 12.4 Å². The molecule has 0 fully saturated rings. The van der Waals surface area contributed by atoms with Gasteiger partial charge in [-0.2, -0.15) is 0 Å². The lowest BCUT2D eigenvalue weighted by Crippen LogP contribution is -2.32. The van der Waals surface area contributed by atoms with Crippen molar-refractivity contribution in [2.24, 2.45) is 5.73 Å². The highest BCUT2D eigenvalue weighted by molar-refractivity contribution is 5.96. The summed E-state index contributed by atoms with van der Waals surface area (Å²) in [6.07, 6.45) is 0. The normalized spacial score (nSPS) is 11.1. The molecule has 0 aliphatic rings. The first-order chi connectivity index (χ1) is 7.90. The third-order valence-corrected chi connectivity index (χ3v) is 2.23. The molecule has 1 aromatic rings. The van der Waals surface area contributed by atoms with Crippen molar-refractivity contribution in [1.82, 2.24) is 0 Å². The Morgan fingerprint density at radius 1 is 1.28 bits per heavy atom. The van der Waals surface area contributed by atoms with Crippen LogP contribution in [0.2, 0.25) is 0 Å². The predicted molar refractivity (Wildman–Crippen MR) is 75.0 cm³/mol. The summed E-state index contributed by atoms with van der Waals surface area (Å²) < 4.78 is 0. The summed E-state index contributed by atoms with van der Waals surface area (Å²) in [6.45, 7) is 4.91. The van der Waals surface area contributed by atoms with Gasteiger partial charge in [-0.3, -0.25) is 9.59 Å². The van der Waals surface area contributed by atoms with E-state index in [0.717, 1.165) is 5.56 Å². The molecule has 0 aliphatic carbocycles. The van der Waals surface area contributed by atoms with Crippen LogP contribution in [0.5, 0.6) is 0 Å². The lowest BCUT2D eigenvalue weighted by Gasteiger charge is -2.12. The van der Waals surface area contributed by atoms with E-state index >= 15 is 0 Å². The van der Waals surface area contributed by atoms with Crippen LogP contribution in [0, 0.1) is 6.92 Å². The topological polar surface area (TPSA) is 84.2 Å². The SMILES string of the molecule is CC(=O)Nc1ccc(C)c(NC(=O)[C@@H](C)N)c1.Cl. The second-order valence-corrected chi connectivity index (χ2v) is 3.99. The average Bonchev–Trinajstić information content (AvgIpc) is 2.22. The van der Waals surface area contributed by atoms with Gasteiger partial charge in [0.05, 0.1) is 6.04 Å². The zero-order valence-electron chi connectivity index (χ0n) is 10.6. The molecule has 1 atom stereocenters. The molecule has 2 amide bonds. The molecule has 6 heteroatoms. The van der Waals surface area contributed by atoms with Crippen LogP contribution >= 0.6 is 12.4 Å². The second kappa shape index (κ2) is 6.98. The maximum Gasteiger partial charge on any atom is 0.241 e. The Bertz CT molecular complexity index is 447. The fourth-order valence-corrected chi connectivity index (χ4v) is 1.28. The average molecular weight is 272 g/mol. The molecule has 0 bridgehead atoms. The fourth-order valence-electron chi connectivity index (χ4n) is 1.28. The van der Waals surface area contributed by atoms with E-state index in [9.17, 15) is 9.59 Å². The van der Waals surface area contributed by atoms with Crippen molar-refractivity contribution < 1.29 is 9.59 Å². The van der Waals surface area contributed by atoms with Crippen molar-refractivity contribution >= 4 is 35.6 Å². The van der Waals surface area contributed by atoms with Crippen molar-refractivity contribution in [2.75, 3.05) is 10.6 Å². The molecule has 1 aromatic carbocycles. The van der Waals surface area contributed by atoms with Crippen LogP contribution < -0.4 is 16.4 Å². The second-order valence-electron chi connectivity index (χ2n) is 3.99. The molecule has 5 nitrogen and oxygen atoms in total. The number of hydrogen-bond acceptors (Lipinski definition) is 3. The van der Waals surface area contributed by atoms with Crippen LogP contribution in [0.1, 0.15) is 19.4 Å². The minimum absolute atomic E-state index is 0. The Morgan fingerprint density at radius 2 is 1.89 bits per heavy atom. The minimum atomic E-state index is -0.571. The van der Waals surface area contributed by atoms with Gasteiger partial charge >= 0.3 is 0 Å². The molecule has 1 rings (SSSR count). The Labute approximate surface area is 113 Å². The number of halogens is 1. The van der Waals surface area contributed by atoms with Crippen molar-refractivity contribution in [3.8, 4) is 0 Å². The summed E-state index contributed by atoms with van der Waals surface area (Å²) in [4.78, 5) is 22.4. The highest BCUT2D eigenvalue weighted by Gasteiger charge is 2.09. The Hall–Kier alpha value is -1.59. The number of aryl methyl sites for hydroxylation is 1. The van der Waals surface area contributed by atoms with E-state index in [1.165, 1.54) is 6.92 Å². The van der Waals surface area contributed by atoms with Crippen molar-refractivity contribution in [2.45, 2.75) is 26.8 Å². The number of amides is 2. The molecule has 0 aliphatic heterocycles. The largest absolute Gasteiger partial charge is 0.326 e.